The van der Waals surface area contributed by atoms with Crippen LogP contribution in [0.1, 0.15) is 27.2 Å². The summed E-state index contributed by atoms with van der Waals surface area (Å²) in [6, 6.07) is 0. The zero-order chi connectivity index (χ0) is 17.4. The van der Waals surface area contributed by atoms with Gasteiger partial charge in [0.15, 0.2) is 0 Å². The average molecular weight is 339 g/mol. The molecule has 0 spiro atoms. The normalized spacial score (nSPS) is 13.4. The number of rotatable bonds is 17. The van der Waals surface area contributed by atoms with Gasteiger partial charge in [0.25, 0.3) is 0 Å². The third kappa shape index (κ3) is 13.8. The van der Waals surface area contributed by atoms with Gasteiger partial charge < -0.3 is 29.4 Å². The summed E-state index contributed by atoms with van der Waals surface area (Å²) in [6.07, 6.45) is -0.161. The first-order valence-electron chi connectivity index (χ1n) is 8.33. The van der Waals surface area contributed by atoms with E-state index in [1.54, 1.807) is 13.8 Å². The van der Waals surface area contributed by atoms with Crippen LogP contribution >= 0.6 is 0 Å². The van der Waals surface area contributed by atoms with Gasteiger partial charge in [0, 0.05) is 13.2 Å². The zero-order valence-corrected chi connectivity index (χ0v) is 14.9. The standard InChI is InChI=1S/C16H34FNO5/c1-4-5-19-6-7-20-8-9-21-10-11-22-12-13-23-16(2,3)15(17)14-18/h15H,4-14,18H2,1-3H3. The lowest BCUT2D eigenvalue weighted by molar-refractivity contribution is -0.0884. The van der Waals surface area contributed by atoms with E-state index in [0.717, 1.165) is 13.0 Å². The number of nitrogens with two attached hydrogens (primary N) is 1. The van der Waals surface area contributed by atoms with Crippen molar-refractivity contribution in [1.29, 1.82) is 0 Å². The molecule has 0 bridgehead atoms. The Labute approximate surface area is 139 Å². The van der Waals surface area contributed by atoms with Gasteiger partial charge in [-0.15, -0.1) is 0 Å². The lowest BCUT2D eigenvalue weighted by atomic mass is 10.0. The summed E-state index contributed by atoms with van der Waals surface area (Å²) < 4.78 is 40.2. The summed E-state index contributed by atoms with van der Waals surface area (Å²) in [5, 5.41) is 0. The van der Waals surface area contributed by atoms with E-state index in [2.05, 4.69) is 6.92 Å². The molecule has 0 aliphatic rings. The second-order valence-corrected chi connectivity index (χ2v) is 5.60. The third-order valence-corrected chi connectivity index (χ3v) is 3.13. The molecule has 0 amide bonds. The number of alkyl halides is 1. The van der Waals surface area contributed by atoms with Crippen LogP contribution in [-0.4, -0.2) is 77.8 Å². The Morgan fingerprint density at radius 2 is 1.17 bits per heavy atom. The molecule has 0 aliphatic carbocycles. The second kappa shape index (κ2) is 15.2. The third-order valence-electron chi connectivity index (χ3n) is 3.13. The maximum atomic E-state index is 13.4. The van der Waals surface area contributed by atoms with Gasteiger partial charge >= 0.3 is 0 Å². The fourth-order valence-electron chi connectivity index (χ4n) is 1.64. The molecule has 0 fully saturated rings. The van der Waals surface area contributed by atoms with Gasteiger partial charge in [0.05, 0.1) is 58.5 Å². The summed E-state index contributed by atoms with van der Waals surface area (Å²) in [6.45, 7) is 10.1. The van der Waals surface area contributed by atoms with Crippen molar-refractivity contribution in [3.8, 4) is 0 Å². The monoisotopic (exact) mass is 339 g/mol. The number of ether oxygens (including phenoxy) is 5. The Hall–Kier alpha value is -0.310. The first-order chi connectivity index (χ1) is 11.0. The van der Waals surface area contributed by atoms with E-state index >= 15 is 0 Å². The number of hydrogen-bond donors (Lipinski definition) is 1. The van der Waals surface area contributed by atoms with E-state index in [9.17, 15) is 4.39 Å². The fourth-order valence-corrected chi connectivity index (χ4v) is 1.64. The van der Waals surface area contributed by atoms with Gasteiger partial charge in [-0.25, -0.2) is 4.39 Å². The number of halogens is 1. The van der Waals surface area contributed by atoms with Crippen LogP contribution in [0.2, 0.25) is 0 Å². The molecule has 23 heavy (non-hydrogen) atoms. The fraction of sp³-hybridized carbons (Fsp3) is 1.00. The van der Waals surface area contributed by atoms with E-state index < -0.39 is 11.8 Å². The molecule has 0 aromatic rings. The van der Waals surface area contributed by atoms with Gasteiger partial charge in [-0.3, -0.25) is 0 Å². The van der Waals surface area contributed by atoms with Gasteiger partial charge in [-0.05, 0) is 20.3 Å². The highest BCUT2D eigenvalue weighted by atomic mass is 19.1. The summed E-state index contributed by atoms with van der Waals surface area (Å²) in [7, 11) is 0. The van der Waals surface area contributed by atoms with Crippen LogP contribution in [0.15, 0.2) is 0 Å². The smallest absolute Gasteiger partial charge is 0.140 e. The minimum atomic E-state index is -1.18. The van der Waals surface area contributed by atoms with Crippen molar-refractivity contribution in [2.24, 2.45) is 5.73 Å². The molecule has 0 rings (SSSR count). The molecule has 6 nitrogen and oxygen atoms in total. The minimum Gasteiger partial charge on any atom is -0.379 e. The van der Waals surface area contributed by atoms with Crippen molar-refractivity contribution >= 4 is 0 Å². The Balaban J connectivity index is 3.22. The van der Waals surface area contributed by atoms with Gasteiger partial charge in [0.1, 0.15) is 6.17 Å². The van der Waals surface area contributed by atoms with Crippen LogP contribution in [0, 0.1) is 0 Å². The molecule has 2 N–H and O–H groups in total. The molecule has 0 aliphatic heterocycles. The summed E-state index contributed by atoms with van der Waals surface area (Å²) in [5.74, 6) is 0. The van der Waals surface area contributed by atoms with Crippen molar-refractivity contribution in [3.05, 3.63) is 0 Å². The molecule has 1 unspecified atom stereocenters. The second-order valence-electron chi connectivity index (χ2n) is 5.60. The molecule has 0 aromatic heterocycles. The highest BCUT2D eigenvalue weighted by Crippen LogP contribution is 2.16. The molecule has 0 aromatic carbocycles. The first kappa shape index (κ1) is 22.7. The summed E-state index contributed by atoms with van der Waals surface area (Å²) >= 11 is 0. The van der Waals surface area contributed by atoms with Crippen molar-refractivity contribution in [2.75, 3.05) is 66.0 Å². The van der Waals surface area contributed by atoms with Crippen molar-refractivity contribution < 1.29 is 28.1 Å². The van der Waals surface area contributed by atoms with Gasteiger partial charge in [0.2, 0.25) is 0 Å². The van der Waals surface area contributed by atoms with E-state index in [1.807, 2.05) is 0 Å². The largest absolute Gasteiger partial charge is 0.379 e. The van der Waals surface area contributed by atoms with Crippen LogP contribution in [-0.2, 0) is 23.7 Å². The Kier molecular flexibility index (Phi) is 15.0. The maximum absolute atomic E-state index is 13.4. The van der Waals surface area contributed by atoms with Crippen LogP contribution in [0.4, 0.5) is 4.39 Å². The Bertz CT molecular complexity index is 257. The maximum Gasteiger partial charge on any atom is 0.140 e. The molecule has 0 radical (unpaired) electrons. The zero-order valence-electron chi connectivity index (χ0n) is 14.9. The van der Waals surface area contributed by atoms with Crippen molar-refractivity contribution in [1.82, 2.24) is 0 Å². The van der Waals surface area contributed by atoms with E-state index in [0.29, 0.717) is 52.9 Å². The van der Waals surface area contributed by atoms with Gasteiger partial charge in [-0.1, -0.05) is 6.92 Å². The minimum absolute atomic E-state index is 0.0471. The Morgan fingerprint density at radius 3 is 1.57 bits per heavy atom. The molecular weight excluding hydrogens is 305 g/mol. The van der Waals surface area contributed by atoms with E-state index in [-0.39, 0.29) is 6.54 Å². The highest BCUT2D eigenvalue weighted by Gasteiger charge is 2.28. The van der Waals surface area contributed by atoms with Crippen LogP contribution < -0.4 is 5.73 Å². The van der Waals surface area contributed by atoms with E-state index in [1.165, 1.54) is 0 Å². The predicted octanol–water partition coefficient (Wildman–Crippen LogP) is 1.55. The average Bonchev–Trinajstić information content (AvgIpc) is 2.54. The topological polar surface area (TPSA) is 72.2 Å². The SMILES string of the molecule is CCCOCCOCCOCCOCCOC(C)(C)C(F)CN. The summed E-state index contributed by atoms with van der Waals surface area (Å²) in [4.78, 5) is 0. The molecule has 7 heteroatoms. The first-order valence-corrected chi connectivity index (χ1v) is 8.33. The van der Waals surface area contributed by atoms with Crippen molar-refractivity contribution in [2.45, 2.75) is 39.0 Å². The predicted molar refractivity (Wildman–Crippen MR) is 87.5 cm³/mol. The van der Waals surface area contributed by atoms with Crippen LogP contribution in [0.25, 0.3) is 0 Å². The lowest BCUT2D eigenvalue weighted by Crippen LogP contribution is -2.41. The Morgan fingerprint density at radius 1 is 0.783 bits per heavy atom. The quantitative estimate of drug-likeness (QED) is 0.406. The molecule has 1 atom stereocenters. The van der Waals surface area contributed by atoms with Crippen molar-refractivity contribution in [3.63, 3.8) is 0 Å². The highest BCUT2D eigenvalue weighted by molar-refractivity contribution is 4.79. The molecule has 0 saturated carbocycles. The summed E-state index contributed by atoms with van der Waals surface area (Å²) in [5.41, 5.74) is 4.41. The van der Waals surface area contributed by atoms with Crippen LogP contribution in [0.3, 0.4) is 0 Å². The van der Waals surface area contributed by atoms with E-state index in [4.69, 9.17) is 29.4 Å². The lowest BCUT2D eigenvalue weighted by Gasteiger charge is -2.28. The van der Waals surface area contributed by atoms with Gasteiger partial charge in [-0.2, -0.15) is 0 Å². The molecular formula is C16H34FNO5. The number of hydrogen-bond acceptors (Lipinski definition) is 6. The molecule has 0 heterocycles. The van der Waals surface area contributed by atoms with Crippen LogP contribution in [0.5, 0.6) is 0 Å². The molecule has 0 saturated heterocycles. The molecule has 140 valence electrons.